The molecule has 3 rings (SSSR count). The number of aliphatic hydroxyl groups is 1. The van der Waals surface area contributed by atoms with Crippen LogP contribution in [0.15, 0.2) is 10.5 Å². The van der Waals surface area contributed by atoms with Crippen LogP contribution in [0.1, 0.15) is 67.8 Å². The van der Waals surface area contributed by atoms with Crippen molar-refractivity contribution in [2.45, 2.75) is 58.9 Å². The average Bonchev–Trinajstić information content (AvgIpc) is 3.31. The van der Waals surface area contributed by atoms with Crippen molar-refractivity contribution in [1.82, 2.24) is 9.80 Å². The van der Waals surface area contributed by atoms with E-state index >= 15 is 0 Å². The van der Waals surface area contributed by atoms with Crippen molar-refractivity contribution in [1.29, 1.82) is 0 Å². The van der Waals surface area contributed by atoms with Crippen molar-refractivity contribution >= 4 is 5.91 Å². The van der Waals surface area contributed by atoms with Gasteiger partial charge in [0.25, 0.3) is 5.91 Å². The molecule has 3 heterocycles. The van der Waals surface area contributed by atoms with Crippen molar-refractivity contribution < 1.29 is 14.3 Å². The van der Waals surface area contributed by atoms with E-state index in [1.54, 1.807) is 0 Å². The molecular weight excluding hydrogens is 316 g/mol. The molecule has 0 aliphatic carbocycles. The van der Waals surface area contributed by atoms with Gasteiger partial charge in [0.15, 0.2) is 5.76 Å². The second kappa shape index (κ2) is 7.92. The van der Waals surface area contributed by atoms with Gasteiger partial charge >= 0.3 is 0 Å². The number of hydrogen-bond acceptors (Lipinski definition) is 4. The predicted octanol–water partition coefficient (Wildman–Crippen LogP) is 3.06. The molecule has 5 nitrogen and oxygen atoms in total. The number of aryl methyl sites for hydroxylation is 1. The number of carbonyl (C=O) groups is 1. The molecule has 0 bridgehead atoms. The van der Waals surface area contributed by atoms with Crippen LogP contribution in [0.3, 0.4) is 0 Å². The molecule has 1 amide bonds. The fourth-order valence-corrected chi connectivity index (χ4v) is 4.25. The van der Waals surface area contributed by atoms with E-state index in [2.05, 4.69) is 18.7 Å². The van der Waals surface area contributed by atoms with Crippen LogP contribution >= 0.6 is 0 Å². The number of hydrogen-bond donors (Lipinski definition) is 1. The first-order valence-corrected chi connectivity index (χ1v) is 9.85. The summed E-state index contributed by atoms with van der Waals surface area (Å²) in [6.45, 7) is 8.86. The Labute approximate surface area is 151 Å². The largest absolute Gasteiger partial charge is 0.456 e. The van der Waals surface area contributed by atoms with Gasteiger partial charge in [0.05, 0.1) is 6.61 Å². The molecule has 5 heteroatoms. The van der Waals surface area contributed by atoms with E-state index in [0.29, 0.717) is 12.3 Å². The first-order chi connectivity index (χ1) is 12.1. The van der Waals surface area contributed by atoms with Gasteiger partial charge in [0.2, 0.25) is 0 Å². The highest BCUT2D eigenvalue weighted by Crippen LogP contribution is 2.33. The number of furan rings is 1. The third-order valence-corrected chi connectivity index (χ3v) is 6.06. The topological polar surface area (TPSA) is 56.9 Å². The summed E-state index contributed by atoms with van der Waals surface area (Å²) in [5, 5.41) is 9.79. The molecule has 1 aromatic heterocycles. The number of rotatable bonds is 6. The molecule has 2 aliphatic rings. The van der Waals surface area contributed by atoms with Crippen LogP contribution in [0.2, 0.25) is 0 Å². The van der Waals surface area contributed by atoms with Crippen LogP contribution in [-0.2, 0) is 13.0 Å². The van der Waals surface area contributed by atoms with Crippen LogP contribution in [0, 0.1) is 5.41 Å². The first-order valence-electron chi connectivity index (χ1n) is 9.85. The molecule has 140 valence electrons. The Morgan fingerprint density at radius 3 is 2.64 bits per heavy atom. The molecule has 2 aliphatic heterocycles. The Balaban J connectivity index is 1.74. The van der Waals surface area contributed by atoms with E-state index in [-0.39, 0.29) is 17.9 Å². The molecule has 1 aromatic rings. The van der Waals surface area contributed by atoms with Gasteiger partial charge in [-0.25, -0.2) is 0 Å². The predicted molar refractivity (Wildman–Crippen MR) is 97.5 cm³/mol. The third-order valence-electron chi connectivity index (χ3n) is 6.06. The minimum absolute atomic E-state index is 0.0200. The molecule has 0 radical (unpaired) electrons. The van der Waals surface area contributed by atoms with Crippen LogP contribution < -0.4 is 0 Å². The second-order valence-corrected chi connectivity index (χ2v) is 7.74. The van der Waals surface area contributed by atoms with E-state index in [9.17, 15) is 9.90 Å². The molecule has 25 heavy (non-hydrogen) atoms. The van der Waals surface area contributed by atoms with Gasteiger partial charge in [0.1, 0.15) is 5.76 Å². The Hall–Kier alpha value is -1.33. The van der Waals surface area contributed by atoms with Gasteiger partial charge in [-0.2, -0.15) is 0 Å². The summed E-state index contributed by atoms with van der Waals surface area (Å²) >= 11 is 0. The van der Waals surface area contributed by atoms with Gasteiger partial charge in [-0.05, 0) is 51.3 Å². The van der Waals surface area contributed by atoms with Crippen LogP contribution in [0.5, 0.6) is 0 Å². The lowest BCUT2D eigenvalue weighted by Crippen LogP contribution is -2.47. The number of amides is 1. The van der Waals surface area contributed by atoms with Crippen molar-refractivity contribution in [3.63, 3.8) is 0 Å². The molecule has 2 saturated heterocycles. The second-order valence-electron chi connectivity index (χ2n) is 7.74. The maximum Gasteiger partial charge on any atom is 0.289 e. The van der Waals surface area contributed by atoms with E-state index in [1.165, 1.54) is 12.8 Å². The summed E-state index contributed by atoms with van der Waals surface area (Å²) in [6.07, 6.45) is 6.17. The molecule has 0 aromatic carbocycles. The maximum absolute atomic E-state index is 13.0. The Bertz CT molecular complexity index is 586. The molecule has 0 spiro atoms. The van der Waals surface area contributed by atoms with Gasteiger partial charge in [-0.3, -0.25) is 9.69 Å². The Morgan fingerprint density at radius 2 is 2.00 bits per heavy atom. The SMILES string of the molecule is CCc1oc(C(=O)N2CCCC(CC)(CO)C2)cc1CN1CCCC1. The summed E-state index contributed by atoms with van der Waals surface area (Å²) in [5.74, 6) is 1.39. The summed E-state index contributed by atoms with van der Waals surface area (Å²) < 4.78 is 5.94. The number of carbonyl (C=O) groups excluding carboxylic acids is 1. The van der Waals surface area contributed by atoms with E-state index in [0.717, 1.165) is 63.2 Å². The lowest BCUT2D eigenvalue weighted by molar-refractivity contribution is 0.0232. The lowest BCUT2D eigenvalue weighted by atomic mass is 9.78. The van der Waals surface area contributed by atoms with Gasteiger partial charge in [-0.1, -0.05) is 13.8 Å². The molecular formula is C20H32N2O3. The van der Waals surface area contributed by atoms with Crippen molar-refractivity contribution in [3.05, 3.63) is 23.2 Å². The van der Waals surface area contributed by atoms with Gasteiger partial charge < -0.3 is 14.4 Å². The zero-order valence-corrected chi connectivity index (χ0v) is 15.7. The summed E-state index contributed by atoms with van der Waals surface area (Å²) in [6, 6.07) is 1.96. The van der Waals surface area contributed by atoms with Crippen molar-refractivity contribution in [2.24, 2.45) is 5.41 Å². The highest BCUT2D eigenvalue weighted by Gasteiger charge is 2.36. The normalized spacial score (nSPS) is 24.8. The lowest BCUT2D eigenvalue weighted by Gasteiger charge is -2.41. The fraction of sp³-hybridized carbons (Fsp3) is 0.750. The highest BCUT2D eigenvalue weighted by molar-refractivity contribution is 5.92. The summed E-state index contributed by atoms with van der Waals surface area (Å²) in [7, 11) is 0. The third kappa shape index (κ3) is 3.93. The Kier molecular flexibility index (Phi) is 5.85. The molecule has 1 atom stereocenters. The monoisotopic (exact) mass is 348 g/mol. The molecule has 1 unspecified atom stereocenters. The van der Waals surface area contributed by atoms with Crippen molar-refractivity contribution in [3.8, 4) is 0 Å². The van der Waals surface area contributed by atoms with E-state index in [4.69, 9.17) is 4.42 Å². The van der Waals surface area contributed by atoms with Crippen LogP contribution in [0.4, 0.5) is 0 Å². The summed E-state index contributed by atoms with van der Waals surface area (Å²) in [4.78, 5) is 17.3. The zero-order valence-electron chi connectivity index (χ0n) is 15.7. The van der Waals surface area contributed by atoms with Crippen LogP contribution in [0.25, 0.3) is 0 Å². The maximum atomic E-state index is 13.0. The highest BCUT2D eigenvalue weighted by atomic mass is 16.4. The smallest absolute Gasteiger partial charge is 0.289 e. The average molecular weight is 348 g/mol. The number of likely N-dealkylation sites (tertiary alicyclic amines) is 2. The number of piperidine rings is 1. The quantitative estimate of drug-likeness (QED) is 0.858. The van der Waals surface area contributed by atoms with Gasteiger partial charge in [-0.15, -0.1) is 0 Å². The van der Waals surface area contributed by atoms with Crippen LogP contribution in [-0.4, -0.2) is 53.6 Å². The number of nitrogens with zero attached hydrogens (tertiary/aromatic N) is 2. The molecule has 2 fully saturated rings. The van der Waals surface area contributed by atoms with Crippen molar-refractivity contribution in [2.75, 3.05) is 32.8 Å². The minimum Gasteiger partial charge on any atom is -0.456 e. The fourth-order valence-electron chi connectivity index (χ4n) is 4.25. The standard InChI is InChI=1S/C20H32N2O3/c1-3-17-16(13-21-9-5-6-10-21)12-18(25-17)19(24)22-11-7-8-20(4-2,14-22)15-23/h12,23H,3-11,13-15H2,1-2H3. The Morgan fingerprint density at radius 1 is 1.24 bits per heavy atom. The number of aliphatic hydroxyl groups excluding tert-OH is 1. The van der Waals surface area contributed by atoms with E-state index in [1.807, 2.05) is 11.0 Å². The molecule has 0 saturated carbocycles. The molecule has 1 N–H and O–H groups in total. The minimum atomic E-state index is -0.146. The summed E-state index contributed by atoms with van der Waals surface area (Å²) in [5.41, 5.74) is 1.01. The van der Waals surface area contributed by atoms with Gasteiger partial charge in [0, 0.05) is 37.0 Å². The van der Waals surface area contributed by atoms with E-state index < -0.39 is 0 Å². The first kappa shape index (κ1) is 18.5. The zero-order chi connectivity index (χ0) is 17.9.